The standard InChI is InChI=1S/C19H22F2N4O3S/c1-12-16(19(26)28-3)11-17(18(22-12)27-2)25(29)24-6-4-23(5-7-24)15-9-13(20)8-14(21)10-15/h8-11,29H,4-7H2,1-3H3. The quantitative estimate of drug-likeness (QED) is 0.585. The van der Waals surface area contributed by atoms with Gasteiger partial charge >= 0.3 is 5.97 Å². The van der Waals surface area contributed by atoms with Gasteiger partial charge < -0.3 is 14.4 Å². The minimum Gasteiger partial charge on any atom is -0.479 e. The van der Waals surface area contributed by atoms with E-state index >= 15 is 0 Å². The molecule has 3 rings (SSSR count). The van der Waals surface area contributed by atoms with Gasteiger partial charge in [-0.25, -0.2) is 28.0 Å². The molecule has 1 aromatic heterocycles. The maximum atomic E-state index is 13.5. The van der Waals surface area contributed by atoms with Crippen LogP contribution in [-0.2, 0) is 4.74 Å². The van der Waals surface area contributed by atoms with E-state index in [1.54, 1.807) is 17.4 Å². The van der Waals surface area contributed by atoms with Crippen LogP contribution in [0.1, 0.15) is 16.1 Å². The number of pyridine rings is 1. The molecule has 1 saturated heterocycles. The summed E-state index contributed by atoms with van der Waals surface area (Å²) in [5.74, 6) is -1.40. The molecular formula is C19H22F2N4O3S. The predicted molar refractivity (Wildman–Crippen MR) is 108 cm³/mol. The summed E-state index contributed by atoms with van der Waals surface area (Å²) in [5.41, 5.74) is 1.79. The van der Waals surface area contributed by atoms with Crippen molar-refractivity contribution < 1.29 is 23.0 Å². The number of carbonyl (C=O) groups excluding carboxylic acids is 1. The Bertz CT molecular complexity index is 887. The third kappa shape index (κ3) is 4.54. The number of carbonyl (C=O) groups is 1. The van der Waals surface area contributed by atoms with Crippen LogP contribution in [0.3, 0.4) is 0 Å². The molecule has 0 aliphatic carbocycles. The van der Waals surface area contributed by atoms with E-state index in [0.29, 0.717) is 54.7 Å². The molecule has 0 unspecified atom stereocenters. The van der Waals surface area contributed by atoms with Gasteiger partial charge in [0.05, 0.1) is 25.5 Å². The van der Waals surface area contributed by atoms with Crippen LogP contribution in [0.2, 0.25) is 0 Å². The number of methoxy groups -OCH3 is 2. The van der Waals surface area contributed by atoms with Crippen molar-refractivity contribution in [3.05, 3.63) is 47.2 Å². The van der Waals surface area contributed by atoms with Gasteiger partial charge in [0.2, 0.25) is 5.88 Å². The fourth-order valence-corrected chi connectivity index (χ4v) is 3.52. The molecule has 0 spiro atoms. The zero-order chi connectivity index (χ0) is 21.1. The second-order valence-electron chi connectivity index (χ2n) is 6.50. The molecule has 1 aliphatic heterocycles. The number of piperazine rings is 1. The van der Waals surface area contributed by atoms with Crippen LogP contribution in [0, 0.1) is 18.6 Å². The fraction of sp³-hybridized carbons (Fsp3) is 0.368. The SMILES string of the molecule is COC(=O)c1cc(N(S)N2CCN(c3cc(F)cc(F)c3)CC2)c(OC)nc1C. The van der Waals surface area contributed by atoms with Crippen molar-refractivity contribution in [3.8, 4) is 5.88 Å². The van der Waals surface area contributed by atoms with Gasteiger partial charge in [-0.15, -0.1) is 0 Å². The minimum atomic E-state index is -0.607. The van der Waals surface area contributed by atoms with E-state index in [1.807, 2.05) is 9.91 Å². The van der Waals surface area contributed by atoms with Crippen LogP contribution in [0.4, 0.5) is 20.2 Å². The molecule has 0 saturated carbocycles. The van der Waals surface area contributed by atoms with Crippen molar-refractivity contribution in [2.24, 2.45) is 0 Å². The predicted octanol–water partition coefficient (Wildman–Crippen LogP) is 2.85. The lowest BCUT2D eigenvalue weighted by Gasteiger charge is -2.40. The van der Waals surface area contributed by atoms with E-state index < -0.39 is 17.6 Å². The van der Waals surface area contributed by atoms with E-state index in [2.05, 4.69) is 17.8 Å². The Morgan fingerprint density at radius 1 is 1.10 bits per heavy atom. The molecule has 10 heteroatoms. The van der Waals surface area contributed by atoms with Crippen LogP contribution >= 0.6 is 12.8 Å². The summed E-state index contributed by atoms with van der Waals surface area (Å²) < 4.78 is 38.7. The van der Waals surface area contributed by atoms with Crippen molar-refractivity contribution in [1.82, 2.24) is 9.99 Å². The van der Waals surface area contributed by atoms with Crippen LogP contribution in [0.15, 0.2) is 24.3 Å². The van der Waals surface area contributed by atoms with E-state index in [1.165, 1.54) is 26.4 Å². The Morgan fingerprint density at radius 3 is 2.28 bits per heavy atom. The summed E-state index contributed by atoms with van der Waals surface area (Å²) in [5, 5.41) is 1.92. The molecule has 156 valence electrons. The highest BCUT2D eigenvalue weighted by atomic mass is 32.1. The number of hydrogen-bond acceptors (Lipinski definition) is 8. The number of nitrogens with zero attached hydrogens (tertiary/aromatic N) is 4. The van der Waals surface area contributed by atoms with E-state index in [4.69, 9.17) is 9.47 Å². The first-order valence-corrected chi connectivity index (χ1v) is 9.33. The molecule has 1 aliphatic rings. The highest BCUT2D eigenvalue weighted by Crippen LogP contribution is 2.32. The lowest BCUT2D eigenvalue weighted by Crippen LogP contribution is -2.51. The summed E-state index contributed by atoms with van der Waals surface area (Å²) in [6.07, 6.45) is 0. The Kier molecular flexibility index (Phi) is 6.43. The Morgan fingerprint density at radius 2 is 1.72 bits per heavy atom. The summed E-state index contributed by atoms with van der Waals surface area (Å²) in [6, 6.07) is 5.10. The summed E-state index contributed by atoms with van der Waals surface area (Å²) in [4.78, 5) is 18.2. The van der Waals surface area contributed by atoms with Crippen molar-refractivity contribution in [2.45, 2.75) is 6.92 Å². The number of halogens is 2. The van der Waals surface area contributed by atoms with Crippen LogP contribution in [0.5, 0.6) is 5.88 Å². The number of hydrazine groups is 1. The first-order chi connectivity index (χ1) is 13.8. The molecule has 0 radical (unpaired) electrons. The molecule has 0 bridgehead atoms. The van der Waals surface area contributed by atoms with Gasteiger partial charge in [0.15, 0.2) is 0 Å². The average molecular weight is 424 g/mol. The molecule has 29 heavy (non-hydrogen) atoms. The number of ether oxygens (including phenoxy) is 2. The number of anilines is 2. The number of esters is 1. The number of aromatic nitrogens is 1. The first kappa shape index (κ1) is 21.1. The average Bonchev–Trinajstić information content (AvgIpc) is 2.71. The molecule has 0 atom stereocenters. The first-order valence-electron chi connectivity index (χ1n) is 8.93. The minimum absolute atomic E-state index is 0.316. The number of benzene rings is 1. The number of hydrogen-bond donors (Lipinski definition) is 1. The third-order valence-corrected chi connectivity index (χ3v) is 5.18. The molecule has 1 aromatic carbocycles. The maximum Gasteiger partial charge on any atom is 0.339 e. The van der Waals surface area contributed by atoms with Gasteiger partial charge in [-0.1, -0.05) is 0 Å². The van der Waals surface area contributed by atoms with Crippen molar-refractivity contribution in [2.75, 3.05) is 49.7 Å². The fourth-order valence-electron chi connectivity index (χ4n) is 3.20. The van der Waals surface area contributed by atoms with Gasteiger partial charge in [-0.2, -0.15) is 0 Å². The smallest absolute Gasteiger partial charge is 0.339 e. The molecular weight excluding hydrogens is 402 g/mol. The molecule has 0 N–H and O–H groups in total. The maximum absolute atomic E-state index is 13.5. The second kappa shape index (κ2) is 8.83. The van der Waals surface area contributed by atoms with Gasteiger partial charge in [0.25, 0.3) is 0 Å². The summed E-state index contributed by atoms with van der Waals surface area (Å²) >= 11 is 4.56. The number of thiol groups is 1. The molecule has 0 amide bonds. The lowest BCUT2D eigenvalue weighted by molar-refractivity contribution is 0.0599. The normalized spacial score (nSPS) is 14.6. The van der Waals surface area contributed by atoms with Gasteiger partial charge in [0.1, 0.15) is 17.3 Å². The van der Waals surface area contributed by atoms with Crippen LogP contribution in [0.25, 0.3) is 0 Å². The largest absolute Gasteiger partial charge is 0.479 e. The highest BCUT2D eigenvalue weighted by Gasteiger charge is 2.26. The van der Waals surface area contributed by atoms with Crippen LogP contribution in [-0.4, -0.2) is 56.4 Å². The van der Waals surface area contributed by atoms with Gasteiger partial charge in [-0.05, 0) is 37.9 Å². The van der Waals surface area contributed by atoms with Gasteiger partial charge in [0, 0.05) is 37.9 Å². The number of aryl methyl sites for hydroxylation is 1. The second-order valence-corrected chi connectivity index (χ2v) is 6.88. The summed E-state index contributed by atoms with van der Waals surface area (Å²) in [7, 11) is 2.79. The Labute approximate surface area is 173 Å². The third-order valence-electron chi connectivity index (χ3n) is 4.71. The molecule has 2 heterocycles. The number of rotatable bonds is 5. The van der Waals surface area contributed by atoms with E-state index in [-0.39, 0.29) is 0 Å². The molecule has 1 fully saturated rings. The topological polar surface area (TPSA) is 58.1 Å². The van der Waals surface area contributed by atoms with Crippen molar-refractivity contribution in [3.63, 3.8) is 0 Å². The lowest BCUT2D eigenvalue weighted by atomic mass is 10.2. The Balaban J connectivity index is 1.78. The van der Waals surface area contributed by atoms with Crippen molar-refractivity contribution in [1.29, 1.82) is 0 Å². The monoisotopic (exact) mass is 424 g/mol. The van der Waals surface area contributed by atoms with E-state index in [9.17, 15) is 13.6 Å². The molecule has 7 nitrogen and oxygen atoms in total. The Hall–Kier alpha value is -2.59. The summed E-state index contributed by atoms with van der Waals surface area (Å²) in [6.45, 7) is 3.83. The van der Waals surface area contributed by atoms with Crippen LogP contribution < -0.4 is 14.1 Å². The van der Waals surface area contributed by atoms with Crippen molar-refractivity contribution >= 4 is 30.2 Å². The zero-order valence-electron chi connectivity index (χ0n) is 16.4. The zero-order valence-corrected chi connectivity index (χ0v) is 17.2. The van der Waals surface area contributed by atoms with Gasteiger partial charge in [-0.3, -0.25) is 0 Å². The molecule has 2 aromatic rings. The highest BCUT2D eigenvalue weighted by molar-refractivity contribution is 7.81. The van der Waals surface area contributed by atoms with E-state index in [0.717, 1.165) is 6.07 Å².